The molecule has 0 spiro atoms. The van der Waals surface area contributed by atoms with Crippen LogP contribution >= 0.6 is 0 Å². The maximum Gasteiger partial charge on any atom is 0.115 e. The summed E-state index contributed by atoms with van der Waals surface area (Å²) in [6, 6.07) is 10.9. The van der Waals surface area contributed by atoms with E-state index >= 15 is 0 Å². The van der Waals surface area contributed by atoms with Crippen LogP contribution in [0.2, 0.25) is 0 Å². The van der Waals surface area contributed by atoms with Crippen molar-refractivity contribution in [2.45, 2.75) is 0 Å². The number of fused-ring (bicyclic) bond motifs is 5. The van der Waals surface area contributed by atoms with Crippen molar-refractivity contribution in [3.05, 3.63) is 36.4 Å². The highest BCUT2D eigenvalue weighted by molar-refractivity contribution is 6.76. The van der Waals surface area contributed by atoms with E-state index in [-0.39, 0.29) is 174 Å². The summed E-state index contributed by atoms with van der Waals surface area (Å²) in [4.78, 5) is 0. The van der Waals surface area contributed by atoms with Gasteiger partial charge in [-0.1, -0.05) is 107 Å². The molecule has 0 N–H and O–H groups in total. The van der Waals surface area contributed by atoms with Crippen LogP contribution in [0.3, 0.4) is 0 Å². The van der Waals surface area contributed by atoms with E-state index in [1.807, 2.05) is 24.3 Å². The fourth-order valence-corrected chi connectivity index (χ4v) is 9.60. The molecule has 0 unspecified atom stereocenters. The van der Waals surface area contributed by atoms with E-state index in [1.165, 1.54) is 0 Å². The maximum atomic E-state index is 7.11. The van der Waals surface area contributed by atoms with Gasteiger partial charge in [-0.2, -0.15) is 0 Å². The van der Waals surface area contributed by atoms with Gasteiger partial charge in [0.15, 0.2) is 0 Å². The Morgan fingerprint density at radius 3 is 0.758 bits per heavy atom. The smallest absolute Gasteiger partial charge is 0.110 e. The summed E-state index contributed by atoms with van der Waals surface area (Å²) in [5, 5.41) is 2.85. The van der Waals surface area contributed by atoms with Crippen LogP contribution in [0.4, 0.5) is 0 Å². The molecule has 0 atom stereocenters. The summed E-state index contributed by atoms with van der Waals surface area (Å²) < 4.78 is 0. The van der Waals surface area contributed by atoms with Crippen LogP contribution in [0, 0.1) is 0 Å². The highest BCUT2D eigenvalue weighted by atomic mass is 14.3. The predicted octanol–water partition coefficient (Wildman–Crippen LogP) is -14.1. The number of hydrogen-bond acceptors (Lipinski definition) is 0. The lowest BCUT2D eigenvalue weighted by Gasteiger charge is -2.32. The van der Waals surface area contributed by atoms with Gasteiger partial charge in [-0.15, -0.1) is 49.2 Å². The quantitative estimate of drug-likeness (QED) is 0.124. The molecule has 0 fully saturated rings. The lowest BCUT2D eigenvalue weighted by molar-refractivity contribution is 1.71. The van der Waals surface area contributed by atoms with Crippen molar-refractivity contribution in [2.75, 3.05) is 0 Å². The first-order valence-corrected chi connectivity index (χ1v) is 19.8. The second kappa shape index (κ2) is 16.2. The van der Waals surface area contributed by atoms with Gasteiger partial charge in [-0.3, -0.25) is 0 Å². The minimum atomic E-state index is -0.0897. The lowest BCUT2D eigenvalue weighted by atomic mass is 9.56. The lowest BCUT2D eigenvalue weighted by Crippen LogP contribution is -2.53. The summed E-state index contributed by atoms with van der Waals surface area (Å²) >= 11 is 0. The van der Waals surface area contributed by atoms with Gasteiger partial charge in [-0.05, 0) is 87.2 Å². The van der Waals surface area contributed by atoms with E-state index in [0.717, 1.165) is 0 Å². The molecule has 0 aromatic heterocycles. The highest BCUT2D eigenvalue weighted by Crippen LogP contribution is 2.44. The zero-order valence-electron chi connectivity index (χ0n) is 35.2. The molecule has 0 heterocycles. The normalized spacial score (nSPS) is 11.8. The Morgan fingerprint density at radius 1 is 0.167 bits per heavy atom. The second-order valence-electron chi connectivity index (χ2n) is 16.3. The number of benzene rings is 9. The molecule has 248 valence electrons. The molecular weight excluding hydrogens is 766 g/mol. The third kappa shape index (κ3) is 6.10. The van der Waals surface area contributed by atoms with Crippen molar-refractivity contribution in [3.63, 3.8) is 0 Å². The Balaban J connectivity index is 1.56. The molecule has 9 rings (SSSR count). The zero-order valence-corrected chi connectivity index (χ0v) is 35.2. The molecular formula is C44H6B22. The molecule has 9 aromatic carbocycles. The summed E-state index contributed by atoms with van der Waals surface area (Å²) in [6.07, 6.45) is 0. The van der Waals surface area contributed by atoms with Crippen molar-refractivity contribution >= 4 is 347 Å². The first-order chi connectivity index (χ1) is 31.0. The maximum absolute atomic E-state index is 7.11. The van der Waals surface area contributed by atoms with Crippen molar-refractivity contribution in [2.24, 2.45) is 0 Å². The highest BCUT2D eigenvalue weighted by Gasteiger charge is 2.29. The van der Waals surface area contributed by atoms with E-state index < -0.39 is 0 Å². The Bertz CT molecular complexity index is 3690. The Kier molecular flexibility index (Phi) is 11.5. The third-order valence-corrected chi connectivity index (χ3v) is 13.1. The Morgan fingerprint density at radius 2 is 0.394 bits per heavy atom. The van der Waals surface area contributed by atoms with Gasteiger partial charge in [0.25, 0.3) is 0 Å². The van der Waals surface area contributed by atoms with Gasteiger partial charge in [-0.25, -0.2) is 0 Å². The molecule has 66 heavy (non-hydrogen) atoms. The Hall–Kier alpha value is -4.29. The monoisotopic (exact) mass is 776 g/mol. The minimum absolute atomic E-state index is 0.0142. The van der Waals surface area contributed by atoms with E-state index in [1.54, 1.807) is 12.1 Å². The third-order valence-electron chi connectivity index (χ3n) is 13.1. The van der Waals surface area contributed by atoms with Gasteiger partial charge in [0, 0.05) is 0 Å². The van der Waals surface area contributed by atoms with Crippen LogP contribution in [-0.2, 0) is 0 Å². The van der Waals surface area contributed by atoms with E-state index in [9.17, 15) is 0 Å². The molecule has 0 saturated heterocycles. The first kappa shape index (κ1) is 46.8. The Labute approximate surface area is 413 Å². The SMILES string of the molecule is [B]c1c([B])c([B])c2c([B])c(-c3ccc(-c4c5c([B])c([B])c([B])c([B])c5c(-c5c([B])c([B])c([B])c6c([B])c([B])c([B])c([B])c56)c5c([B])c([B])c([B])c([B])c45)c4ccccc34)c([B])c([B])c2c1[B]. The van der Waals surface area contributed by atoms with Crippen molar-refractivity contribution in [1.29, 1.82) is 0 Å². The number of rotatable bonds is 3. The molecule has 0 aliphatic heterocycles. The van der Waals surface area contributed by atoms with E-state index in [0.29, 0.717) is 33.0 Å². The molecule has 22 heteroatoms. The molecule has 0 aliphatic carbocycles. The van der Waals surface area contributed by atoms with Crippen LogP contribution in [0.15, 0.2) is 36.4 Å². The molecule has 0 nitrogen and oxygen atoms in total. The topological polar surface area (TPSA) is 0 Å². The molecule has 0 aliphatic rings. The van der Waals surface area contributed by atoms with Gasteiger partial charge < -0.3 is 0 Å². The van der Waals surface area contributed by atoms with Crippen LogP contribution in [0.1, 0.15) is 0 Å². The average Bonchev–Trinajstić information content (AvgIpc) is 3.30. The summed E-state index contributed by atoms with van der Waals surface area (Å²) in [5.41, 5.74) is 1.76. The van der Waals surface area contributed by atoms with Crippen molar-refractivity contribution < 1.29 is 0 Å². The molecule has 0 amide bonds. The van der Waals surface area contributed by atoms with E-state index in [2.05, 4.69) is 0 Å². The largest absolute Gasteiger partial charge is 0.115 e. The van der Waals surface area contributed by atoms with Gasteiger partial charge >= 0.3 is 0 Å². The van der Waals surface area contributed by atoms with Gasteiger partial charge in [0.05, 0.1) is 0 Å². The van der Waals surface area contributed by atoms with Crippen LogP contribution in [0.5, 0.6) is 0 Å². The average molecular weight is 772 g/mol. The van der Waals surface area contributed by atoms with Gasteiger partial charge in [0.1, 0.15) is 173 Å². The van der Waals surface area contributed by atoms with Gasteiger partial charge in [0.2, 0.25) is 0 Å². The van der Waals surface area contributed by atoms with Crippen molar-refractivity contribution in [1.82, 2.24) is 0 Å². The zero-order chi connectivity index (χ0) is 48.2. The first-order valence-electron chi connectivity index (χ1n) is 19.8. The summed E-state index contributed by atoms with van der Waals surface area (Å²) in [7, 11) is 148. The molecule has 0 bridgehead atoms. The van der Waals surface area contributed by atoms with Crippen LogP contribution in [-0.4, -0.2) is 173 Å². The summed E-state index contributed by atoms with van der Waals surface area (Å²) in [6.45, 7) is 0. The standard InChI is InChI=1S/C44H6B22/c45-23-12(24(46)31(53)22-21(23)34(56)43(65)44(66)35(22)57)10-6-5-9(7-3-1-2-4-8(7)10)11-14-16(28(50)39(61)37(59)25(14)47)13(17-15(11)26(48)38(60)40(62)29(17)51)18-19-20(32(54)36(58)27(18)49)33(55)42(64)41(63)30(19)52/h1-6H. The summed E-state index contributed by atoms with van der Waals surface area (Å²) in [5.74, 6) is 0. The van der Waals surface area contributed by atoms with E-state index in [4.69, 9.17) is 173 Å². The molecule has 9 aromatic rings. The van der Waals surface area contributed by atoms with Crippen molar-refractivity contribution in [3.8, 4) is 33.4 Å². The number of hydrogen-bond donors (Lipinski definition) is 0. The predicted molar refractivity (Wildman–Crippen MR) is 309 cm³/mol. The fraction of sp³-hybridized carbons (Fsp3) is 0. The van der Waals surface area contributed by atoms with Crippen LogP contribution in [0.25, 0.3) is 87.2 Å². The molecule has 44 radical (unpaired) electrons. The minimum Gasteiger partial charge on any atom is -0.110 e. The second-order valence-corrected chi connectivity index (χ2v) is 16.3. The fourth-order valence-electron chi connectivity index (χ4n) is 9.60. The molecule has 0 saturated carbocycles. The van der Waals surface area contributed by atoms with Crippen LogP contribution < -0.4 is 120 Å².